The van der Waals surface area contributed by atoms with Crippen LogP contribution in [0.3, 0.4) is 0 Å². The number of aromatic nitrogens is 2. The fourth-order valence-corrected chi connectivity index (χ4v) is 2.55. The molecule has 1 amide bonds. The Morgan fingerprint density at radius 3 is 2.56 bits per heavy atom. The van der Waals surface area contributed by atoms with Gasteiger partial charge in [0.2, 0.25) is 0 Å². The number of amides is 1. The Hall–Kier alpha value is -2.99. The standard InChI is InChI=1S/C19H18FN3O2/c20-17-4-2-1-3-15(17)18-16(11-22-23-18)19(25)21-10-9-13-5-7-14(12-24)8-6-13/h1-8,11,24H,9-10,12H2,(H,21,25)(H,22,23). The summed E-state index contributed by atoms with van der Waals surface area (Å²) in [4.78, 5) is 12.4. The maximum atomic E-state index is 13.9. The van der Waals surface area contributed by atoms with Gasteiger partial charge in [0.15, 0.2) is 0 Å². The molecule has 0 radical (unpaired) electrons. The lowest BCUT2D eigenvalue weighted by molar-refractivity contribution is 0.0955. The summed E-state index contributed by atoms with van der Waals surface area (Å²) >= 11 is 0. The van der Waals surface area contributed by atoms with Gasteiger partial charge < -0.3 is 10.4 Å². The SMILES string of the molecule is O=C(NCCc1ccc(CO)cc1)c1cn[nH]c1-c1ccccc1F. The largest absolute Gasteiger partial charge is 0.392 e. The first-order valence-electron chi connectivity index (χ1n) is 7.94. The highest BCUT2D eigenvalue weighted by atomic mass is 19.1. The fraction of sp³-hybridized carbons (Fsp3) is 0.158. The van der Waals surface area contributed by atoms with E-state index >= 15 is 0 Å². The second-order valence-electron chi connectivity index (χ2n) is 5.62. The molecule has 3 aromatic rings. The summed E-state index contributed by atoms with van der Waals surface area (Å²) in [6.07, 6.45) is 2.05. The smallest absolute Gasteiger partial charge is 0.255 e. The molecule has 0 aliphatic carbocycles. The maximum Gasteiger partial charge on any atom is 0.255 e. The third kappa shape index (κ3) is 3.92. The van der Waals surface area contributed by atoms with Crippen molar-refractivity contribution in [3.05, 3.63) is 77.2 Å². The van der Waals surface area contributed by atoms with Crippen LogP contribution in [0.15, 0.2) is 54.7 Å². The minimum Gasteiger partial charge on any atom is -0.392 e. The molecular formula is C19H18FN3O2. The second kappa shape index (κ2) is 7.72. The average Bonchev–Trinajstić information content (AvgIpc) is 3.12. The van der Waals surface area contributed by atoms with Gasteiger partial charge in [-0.2, -0.15) is 5.10 Å². The van der Waals surface area contributed by atoms with Crippen LogP contribution in [0.4, 0.5) is 4.39 Å². The van der Waals surface area contributed by atoms with Crippen LogP contribution < -0.4 is 5.32 Å². The molecule has 0 saturated carbocycles. The molecule has 0 spiro atoms. The van der Waals surface area contributed by atoms with Gasteiger partial charge in [0.25, 0.3) is 5.91 Å². The van der Waals surface area contributed by atoms with E-state index in [9.17, 15) is 9.18 Å². The molecule has 1 aromatic heterocycles. The molecule has 3 N–H and O–H groups in total. The molecule has 5 nitrogen and oxygen atoms in total. The first-order valence-corrected chi connectivity index (χ1v) is 7.94. The second-order valence-corrected chi connectivity index (χ2v) is 5.62. The number of benzene rings is 2. The lowest BCUT2D eigenvalue weighted by atomic mass is 10.1. The van der Waals surface area contributed by atoms with E-state index < -0.39 is 5.82 Å². The Balaban J connectivity index is 1.64. The van der Waals surface area contributed by atoms with Crippen molar-refractivity contribution in [1.29, 1.82) is 0 Å². The van der Waals surface area contributed by atoms with E-state index in [2.05, 4.69) is 15.5 Å². The molecule has 1 heterocycles. The van der Waals surface area contributed by atoms with E-state index in [1.807, 2.05) is 24.3 Å². The number of hydrogen-bond donors (Lipinski definition) is 3. The number of hydrogen-bond acceptors (Lipinski definition) is 3. The van der Waals surface area contributed by atoms with Crippen LogP contribution in [0.1, 0.15) is 21.5 Å². The van der Waals surface area contributed by atoms with E-state index in [0.717, 1.165) is 11.1 Å². The first kappa shape index (κ1) is 16.9. The molecule has 0 atom stereocenters. The molecule has 6 heteroatoms. The van der Waals surface area contributed by atoms with Gasteiger partial charge >= 0.3 is 0 Å². The number of nitrogens with one attached hydrogen (secondary N) is 2. The van der Waals surface area contributed by atoms with Crippen LogP contribution in [-0.4, -0.2) is 27.8 Å². The van der Waals surface area contributed by atoms with Crippen LogP contribution in [0.2, 0.25) is 0 Å². The molecule has 0 saturated heterocycles. The summed E-state index contributed by atoms with van der Waals surface area (Å²) in [6.45, 7) is 0.454. The summed E-state index contributed by atoms with van der Waals surface area (Å²) in [5, 5.41) is 18.4. The minimum absolute atomic E-state index is 0.0102. The Bertz CT molecular complexity index is 859. The predicted octanol–water partition coefficient (Wildman–Crippen LogP) is 2.68. The number of aliphatic hydroxyl groups excluding tert-OH is 1. The first-order chi connectivity index (χ1) is 12.2. The summed E-state index contributed by atoms with van der Waals surface area (Å²) in [5.41, 5.74) is 2.88. The van der Waals surface area contributed by atoms with Crippen LogP contribution >= 0.6 is 0 Å². The Morgan fingerprint density at radius 2 is 1.84 bits per heavy atom. The highest BCUT2D eigenvalue weighted by Crippen LogP contribution is 2.23. The molecule has 2 aromatic carbocycles. The minimum atomic E-state index is -0.412. The fourth-order valence-electron chi connectivity index (χ4n) is 2.55. The zero-order valence-electron chi connectivity index (χ0n) is 13.5. The zero-order valence-corrected chi connectivity index (χ0v) is 13.5. The van der Waals surface area contributed by atoms with E-state index in [1.54, 1.807) is 18.2 Å². The van der Waals surface area contributed by atoms with Gasteiger partial charge in [-0.3, -0.25) is 9.89 Å². The lowest BCUT2D eigenvalue weighted by Gasteiger charge is -2.07. The van der Waals surface area contributed by atoms with Crippen molar-refractivity contribution < 1.29 is 14.3 Å². The van der Waals surface area contributed by atoms with Crippen molar-refractivity contribution in [2.75, 3.05) is 6.54 Å². The molecule has 0 bridgehead atoms. The summed E-state index contributed by atoms with van der Waals surface area (Å²) < 4.78 is 13.9. The number of carbonyl (C=O) groups is 1. The number of aromatic amines is 1. The van der Waals surface area contributed by atoms with Crippen molar-refractivity contribution >= 4 is 5.91 Å². The van der Waals surface area contributed by atoms with Gasteiger partial charge in [0.1, 0.15) is 5.82 Å². The van der Waals surface area contributed by atoms with Crippen molar-refractivity contribution in [1.82, 2.24) is 15.5 Å². The lowest BCUT2D eigenvalue weighted by Crippen LogP contribution is -2.25. The van der Waals surface area contributed by atoms with Gasteiger partial charge in [0, 0.05) is 12.1 Å². The van der Waals surface area contributed by atoms with Crippen molar-refractivity contribution in [2.45, 2.75) is 13.0 Å². The van der Waals surface area contributed by atoms with Crippen molar-refractivity contribution in [2.24, 2.45) is 0 Å². The van der Waals surface area contributed by atoms with Gasteiger partial charge in [0.05, 0.1) is 24.1 Å². The third-order valence-electron chi connectivity index (χ3n) is 3.93. The van der Waals surface area contributed by atoms with E-state index in [0.29, 0.717) is 29.8 Å². The van der Waals surface area contributed by atoms with Gasteiger partial charge in [-0.15, -0.1) is 0 Å². The molecule has 0 aliphatic rings. The molecular weight excluding hydrogens is 321 g/mol. The summed E-state index contributed by atoms with van der Waals surface area (Å²) in [7, 11) is 0. The average molecular weight is 339 g/mol. The zero-order chi connectivity index (χ0) is 17.6. The molecule has 0 aliphatic heterocycles. The van der Waals surface area contributed by atoms with Crippen LogP contribution in [0, 0.1) is 5.82 Å². The van der Waals surface area contributed by atoms with Gasteiger partial charge in [-0.05, 0) is 29.7 Å². The number of carbonyl (C=O) groups excluding carboxylic acids is 1. The molecule has 0 unspecified atom stereocenters. The normalized spacial score (nSPS) is 10.6. The Kier molecular flexibility index (Phi) is 5.20. The number of aliphatic hydroxyl groups is 1. The number of H-pyrrole nitrogens is 1. The third-order valence-corrected chi connectivity index (χ3v) is 3.93. The molecule has 128 valence electrons. The van der Waals surface area contributed by atoms with E-state index in [-0.39, 0.29) is 12.5 Å². The molecule has 3 rings (SSSR count). The predicted molar refractivity (Wildman–Crippen MR) is 92.4 cm³/mol. The van der Waals surface area contributed by atoms with Gasteiger partial charge in [-0.25, -0.2) is 4.39 Å². The quantitative estimate of drug-likeness (QED) is 0.646. The van der Waals surface area contributed by atoms with Crippen LogP contribution in [-0.2, 0) is 13.0 Å². The highest BCUT2D eigenvalue weighted by Gasteiger charge is 2.17. The van der Waals surface area contributed by atoms with Gasteiger partial charge in [-0.1, -0.05) is 36.4 Å². The topological polar surface area (TPSA) is 78.0 Å². The number of rotatable bonds is 6. The van der Waals surface area contributed by atoms with E-state index in [4.69, 9.17) is 5.11 Å². The summed E-state index contributed by atoms with van der Waals surface area (Å²) in [6, 6.07) is 13.8. The Labute approximate surface area is 144 Å². The highest BCUT2D eigenvalue weighted by molar-refractivity contribution is 5.99. The molecule has 0 fully saturated rings. The van der Waals surface area contributed by atoms with Crippen molar-refractivity contribution in [3.63, 3.8) is 0 Å². The molecule has 25 heavy (non-hydrogen) atoms. The van der Waals surface area contributed by atoms with Crippen LogP contribution in [0.25, 0.3) is 11.3 Å². The van der Waals surface area contributed by atoms with E-state index in [1.165, 1.54) is 12.3 Å². The van der Waals surface area contributed by atoms with Crippen LogP contribution in [0.5, 0.6) is 0 Å². The number of nitrogens with zero attached hydrogens (tertiary/aromatic N) is 1. The monoisotopic (exact) mass is 339 g/mol. The Morgan fingerprint density at radius 1 is 1.12 bits per heavy atom. The number of halogens is 1. The maximum absolute atomic E-state index is 13.9. The summed E-state index contributed by atoms with van der Waals surface area (Å²) in [5.74, 6) is -0.719. The van der Waals surface area contributed by atoms with Crippen molar-refractivity contribution in [3.8, 4) is 11.3 Å².